The van der Waals surface area contributed by atoms with Gasteiger partial charge in [0, 0.05) is 42.4 Å². The predicted octanol–water partition coefficient (Wildman–Crippen LogP) is 3.18. The molecular weight excluding hydrogens is 367 g/mol. The van der Waals surface area contributed by atoms with Crippen LogP contribution in [0, 0.1) is 11.2 Å². The van der Waals surface area contributed by atoms with Crippen LogP contribution < -0.4 is 10.6 Å². The van der Waals surface area contributed by atoms with Crippen LogP contribution in [0.4, 0.5) is 4.39 Å². The van der Waals surface area contributed by atoms with E-state index in [9.17, 15) is 9.18 Å². The molecule has 0 unspecified atom stereocenters. The topological polar surface area (TPSA) is 68.2 Å². The molecule has 2 aromatic carbocycles. The van der Waals surface area contributed by atoms with Gasteiger partial charge in [-0.2, -0.15) is 0 Å². The molecule has 1 aliphatic carbocycles. The predicted molar refractivity (Wildman–Crippen MR) is 112 cm³/mol. The number of amides is 1. The third-order valence-electron chi connectivity index (χ3n) is 5.24. The Balaban J connectivity index is 1.58. The number of rotatable bonds is 6. The molecule has 0 bridgehead atoms. The molecule has 0 spiro atoms. The van der Waals surface area contributed by atoms with E-state index < -0.39 is 0 Å². The summed E-state index contributed by atoms with van der Waals surface area (Å²) in [5, 5.41) is 14.7. The molecule has 1 saturated heterocycles. The van der Waals surface area contributed by atoms with Gasteiger partial charge in [0.2, 0.25) is 0 Å². The maximum absolute atomic E-state index is 14.5. The minimum absolute atomic E-state index is 0.0544. The number of likely N-dealkylation sites (tertiary alicyclic amines) is 1. The lowest BCUT2D eigenvalue weighted by Gasteiger charge is -2.16. The molecule has 6 heteroatoms. The minimum atomic E-state index is -0.317. The quantitative estimate of drug-likeness (QED) is 0.707. The maximum atomic E-state index is 14.5. The number of nitrogens with one attached hydrogen (secondary N) is 3. The highest BCUT2D eigenvalue weighted by molar-refractivity contribution is 6.07. The molecule has 1 aliphatic heterocycles. The number of halogens is 1. The van der Waals surface area contributed by atoms with Gasteiger partial charge >= 0.3 is 0 Å². The molecular formula is C23H25FN4O. The average Bonchev–Trinajstić information content (AvgIpc) is 3.46. The molecule has 1 amide bonds. The second kappa shape index (κ2) is 8.17. The summed E-state index contributed by atoms with van der Waals surface area (Å²) < 4.78 is 14.5. The summed E-state index contributed by atoms with van der Waals surface area (Å²) in [4.78, 5) is 14.3. The van der Waals surface area contributed by atoms with Gasteiger partial charge in [-0.25, -0.2) is 4.39 Å². The van der Waals surface area contributed by atoms with Crippen molar-refractivity contribution in [2.24, 2.45) is 0 Å². The third kappa shape index (κ3) is 4.54. The summed E-state index contributed by atoms with van der Waals surface area (Å²) in [6.07, 6.45) is 2.10. The lowest BCUT2D eigenvalue weighted by molar-refractivity contribution is 0.0951. The van der Waals surface area contributed by atoms with Gasteiger partial charge in [0.15, 0.2) is 0 Å². The van der Waals surface area contributed by atoms with E-state index in [0.717, 1.165) is 24.0 Å². The van der Waals surface area contributed by atoms with Gasteiger partial charge in [0.1, 0.15) is 5.82 Å². The van der Waals surface area contributed by atoms with Gasteiger partial charge < -0.3 is 16.0 Å². The van der Waals surface area contributed by atoms with Crippen molar-refractivity contribution in [2.45, 2.75) is 25.4 Å². The van der Waals surface area contributed by atoms with E-state index in [-0.39, 0.29) is 11.7 Å². The molecule has 2 aliphatic rings. The first-order chi connectivity index (χ1) is 14.0. The van der Waals surface area contributed by atoms with Crippen molar-refractivity contribution in [3.05, 3.63) is 76.6 Å². The Kier molecular flexibility index (Phi) is 5.45. The summed E-state index contributed by atoms with van der Waals surface area (Å²) in [5.41, 5.74) is 3.97. The van der Waals surface area contributed by atoms with Crippen molar-refractivity contribution < 1.29 is 9.18 Å². The van der Waals surface area contributed by atoms with Crippen LogP contribution in [0.15, 0.2) is 54.1 Å². The number of benzene rings is 2. The van der Waals surface area contributed by atoms with Gasteiger partial charge in [-0.05, 0) is 49.7 Å². The van der Waals surface area contributed by atoms with Crippen molar-refractivity contribution in [1.82, 2.24) is 15.5 Å². The number of nitrogens with zero attached hydrogens (tertiary/aromatic N) is 1. The number of carbonyl (C=O) groups excluding carboxylic acids is 1. The fraction of sp³-hybridized carbons (Fsp3) is 0.304. The van der Waals surface area contributed by atoms with Gasteiger partial charge in [-0.1, -0.05) is 24.3 Å². The summed E-state index contributed by atoms with van der Waals surface area (Å²) in [7, 11) is 1.95. The van der Waals surface area contributed by atoms with Crippen LogP contribution in [-0.2, 0) is 6.54 Å². The fourth-order valence-electron chi connectivity index (χ4n) is 3.55. The van der Waals surface area contributed by atoms with Crippen LogP contribution in [0.1, 0.15) is 34.3 Å². The molecule has 150 valence electrons. The highest BCUT2D eigenvalue weighted by Gasteiger charge is 2.25. The molecule has 5 nitrogen and oxygen atoms in total. The average molecular weight is 392 g/mol. The second-order valence-corrected chi connectivity index (χ2v) is 7.79. The van der Waals surface area contributed by atoms with Crippen molar-refractivity contribution in [2.75, 3.05) is 20.1 Å². The van der Waals surface area contributed by atoms with E-state index in [1.54, 1.807) is 24.3 Å². The fourth-order valence-corrected chi connectivity index (χ4v) is 3.55. The van der Waals surface area contributed by atoms with Crippen LogP contribution in [0.3, 0.4) is 0 Å². The molecule has 0 aromatic heterocycles. The Morgan fingerprint density at radius 1 is 1.17 bits per heavy atom. The molecule has 2 aromatic rings. The van der Waals surface area contributed by atoms with E-state index in [1.807, 2.05) is 30.1 Å². The van der Waals surface area contributed by atoms with Gasteiger partial charge in [0.25, 0.3) is 5.91 Å². The van der Waals surface area contributed by atoms with Gasteiger partial charge in [0.05, 0.1) is 11.4 Å². The summed E-state index contributed by atoms with van der Waals surface area (Å²) >= 11 is 0. The summed E-state index contributed by atoms with van der Waals surface area (Å²) in [5.74, 6) is -0.372. The first kappa shape index (κ1) is 19.3. The van der Waals surface area contributed by atoms with Crippen molar-refractivity contribution in [1.29, 1.82) is 5.41 Å². The molecule has 4 rings (SSSR count). The Labute approximate surface area is 170 Å². The molecule has 1 saturated carbocycles. The van der Waals surface area contributed by atoms with Crippen LogP contribution in [0.2, 0.25) is 0 Å². The molecule has 3 N–H and O–H groups in total. The Morgan fingerprint density at radius 2 is 1.97 bits per heavy atom. The lowest BCUT2D eigenvalue weighted by atomic mass is 10.0. The maximum Gasteiger partial charge on any atom is 0.251 e. The highest BCUT2D eigenvalue weighted by Crippen LogP contribution is 2.24. The Hall–Kier alpha value is -2.99. The smallest absolute Gasteiger partial charge is 0.251 e. The molecule has 0 radical (unpaired) electrons. The van der Waals surface area contributed by atoms with E-state index in [1.165, 1.54) is 6.07 Å². The number of carbonyl (C=O) groups is 1. The van der Waals surface area contributed by atoms with Gasteiger partial charge in [-0.3, -0.25) is 9.69 Å². The zero-order valence-corrected chi connectivity index (χ0v) is 16.5. The number of likely N-dealkylation sites (N-methyl/N-ethyl adjacent to an activating group) is 1. The highest BCUT2D eigenvalue weighted by atomic mass is 19.1. The lowest BCUT2D eigenvalue weighted by Crippen LogP contribution is -2.25. The summed E-state index contributed by atoms with van der Waals surface area (Å²) in [6.45, 7) is 1.58. The summed E-state index contributed by atoms with van der Waals surface area (Å²) in [6, 6.07) is 14.4. The number of hydrogen-bond acceptors (Lipinski definition) is 4. The largest absolute Gasteiger partial charge is 0.380 e. The van der Waals surface area contributed by atoms with E-state index in [2.05, 4.69) is 10.6 Å². The van der Waals surface area contributed by atoms with Crippen molar-refractivity contribution >= 4 is 17.3 Å². The van der Waals surface area contributed by atoms with Crippen molar-refractivity contribution in [3.8, 4) is 0 Å². The van der Waals surface area contributed by atoms with Crippen LogP contribution in [0.25, 0.3) is 5.70 Å². The van der Waals surface area contributed by atoms with Gasteiger partial charge in [-0.15, -0.1) is 0 Å². The molecule has 1 heterocycles. The standard InChI is InChI=1S/C23H25FN4O/c1-28-13-19(21(25)14-28)22(18-7-2-3-8-20(18)24)26-12-15-5-4-6-16(11-15)23(29)27-17-9-10-17/h2-8,11,17,25-26H,9-10,12-14H2,1H3,(H,27,29)/b22-19-,25-21?. The first-order valence-electron chi connectivity index (χ1n) is 9.89. The zero-order chi connectivity index (χ0) is 20.4. The van der Waals surface area contributed by atoms with E-state index >= 15 is 0 Å². The van der Waals surface area contributed by atoms with Crippen LogP contribution in [-0.4, -0.2) is 42.7 Å². The van der Waals surface area contributed by atoms with Crippen LogP contribution >= 0.6 is 0 Å². The molecule has 29 heavy (non-hydrogen) atoms. The second-order valence-electron chi connectivity index (χ2n) is 7.79. The molecule has 0 atom stereocenters. The van der Waals surface area contributed by atoms with E-state index in [0.29, 0.717) is 48.2 Å². The Morgan fingerprint density at radius 3 is 2.66 bits per heavy atom. The normalized spacial score (nSPS) is 18.6. The minimum Gasteiger partial charge on any atom is -0.380 e. The van der Waals surface area contributed by atoms with Crippen LogP contribution in [0.5, 0.6) is 0 Å². The Bertz CT molecular complexity index is 980. The monoisotopic (exact) mass is 392 g/mol. The van der Waals surface area contributed by atoms with Crippen molar-refractivity contribution in [3.63, 3.8) is 0 Å². The molecule has 2 fully saturated rings. The third-order valence-corrected chi connectivity index (χ3v) is 5.24. The zero-order valence-electron chi connectivity index (χ0n) is 16.5. The number of hydrogen-bond donors (Lipinski definition) is 3. The SMILES string of the molecule is CN1CC(=N)/C(=C(\NCc2cccc(C(=O)NC3CC3)c2)c2ccccc2F)C1. The van der Waals surface area contributed by atoms with E-state index in [4.69, 9.17) is 5.41 Å². The first-order valence-corrected chi connectivity index (χ1v) is 9.89.